The lowest BCUT2D eigenvalue weighted by Crippen LogP contribution is -2.56. The molecular weight excluding hydrogens is 318 g/mol. The van der Waals surface area contributed by atoms with E-state index in [1.807, 2.05) is 13.8 Å². The van der Waals surface area contributed by atoms with E-state index in [0.29, 0.717) is 23.9 Å². The van der Waals surface area contributed by atoms with Gasteiger partial charge in [-0.15, -0.1) is 0 Å². The fraction of sp³-hybridized carbons (Fsp3) is 0.474. The largest absolute Gasteiger partial charge is 0.467 e. The first kappa shape index (κ1) is 17.3. The van der Waals surface area contributed by atoms with Crippen LogP contribution in [0.25, 0.3) is 11.0 Å². The molecular formula is C19H23N3O3. The maximum atomic E-state index is 12.8. The highest BCUT2D eigenvalue weighted by atomic mass is 16.5. The summed E-state index contributed by atoms with van der Waals surface area (Å²) >= 11 is 0. The van der Waals surface area contributed by atoms with Gasteiger partial charge in [0.25, 0.3) is 5.91 Å². The minimum atomic E-state index is -0.923. The zero-order chi connectivity index (χ0) is 18.0. The third-order valence-corrected chi connectivity index (χ3v) is 4.97. The molecule has 0 atom stereocenters. The molecule has 1 aliphatic rings. The zero-order valence-electron chi connectivity index (χ0n) is 14.9. The van der Waals surface area contributed by atoms with E-state index < -0.39 is 5.54 Å². The van der Waals surface area contributed by atoms with Crippen LogP contribution in [-0.2, 0) is 9.53 Å². The average Bonchev–Trinajstić information content (AvgIpc) is 2.62. The molecule has 132 valence electrons. The number of hydrogen-bond acceptors (Lipinski definition) is 5. The van der Waals surface area contributed by atoms with E-state index in [0.717, 1.165) is 36.2 Å². The van der Waals surface area contributed by atoms with Gasteiger partial charge < -0.3 is 10.1 Å². The molecule has 1 amide bonds. The normalized spacial score (nSPS) is 16.4. The standard InChI is InChI=1S/C19H23N3O3/c1-12-13(2)21-16-11-14(7-8-15(16)20-12)17(23)22-19(18(24)25-3)9-5-4-6-10-19/h7-8,11H,4-6,9-10H2,1-3H3,(H,22,23). The Labute approximate surface area is 147 Å². The van der Waals surface area contributed by atoms with Gasteiger partial charge >= 0.3 is 5.97 Å². The second kappa shape index (κ2) is 6.78. The Hall–Kier alpha value is -2.50. The predicted molar refractivity (Wildman–Crippen MR) is 94.3 cm³/mol. The van der Waals surface area contributed by atoms with Crippen molar-refractivity contribution in [3.8, 4) is 0 Å². The summed E-state index contributed by atoms with van der Waals surface area (Å²) in [4.78, 5) is 34.0. The van der Waals surface area contributed by atoms with Gasteiger partial charge in [-0.1, -0.05) is 19.3 Å². The van der Waals surface area contributed by atoms with Crippen molar-refractivity contribution >= 4 is 22.9 Å². The molecule has 1 saturated carbocycles. The van der Waals surface area contributed by atoms with Crippen molar-refractivity contribution in [2.45, 2.75) is 51.5 Å². The van der Waals surface area contributed by atoms with Crippen LogP contribution in [0.5, 0.6) is 0 Å². The fourth-order valence-electron chi connectivity index (χ4n) is 3.39. The lowest BCUT2D eigenvalue weighted by Gasteiger charge is -2.35. The van der Waals surface area contributed by atoms with E-state index >= 15 is 0 Å². The smallest absolute Gasteiger partial charge is 0.331 e. The molecule has 1 aromatic heterocycles. The van der Waals surface area contributed by atoms with Gasteiger partial charge in [-0.05, 0) is 44.9 Å². The van der Waals surface area contributed by atoms with Gasteiger partial charge in [-0.3, -0.25) is 4.79 Å². The summed E-state index contributed by atoms with van der Waals surface area (Å²) in [5.41, 5.74) is 2.68. The number of rotatable bonds is 3. The number of methoxy groups -OCH3 is 1. The van der Waals surface area contributed by atoms with Crippen LogP contribution in [0.4, 0.5) is 0 Å². The van der Waals surface area contributed by atoms with Crippen molar-refractivity contribution in [1.29, 1.82) is 0 Å². The minimum absolute atomic E-state index is 0.283. The molecule has 0 saturated heterocycles. The second-order valence-corrected chi connectivity index (χ2v) is 6.69. The number of fused-ring (bicyclic) bond motifs is 1. The predicted octanol–water partition coefficient (Wildman–Crippen LogP) is 2.85. The molecule has 1 aliphatic carbocycles. The van der Waals surface area contributed by atoms with E-state index in [1.54, 1.807) is 18.2 Å². The molecule has 0 aliphatic heterocycles. The lowest BCUT2D eigenvalue weighted by atomic mass is 9.81. The highest BCUT2D eigenvalue weighted by Crippen LogP contribution is 2.30. The number of amides is 1. The Bertz CT molecular complexity index is 826. The number of carbonyl (C=O) groups is 2. The molecule has 1 heterocycles. The topological polar surface area (TPSA) is 81.2 Å². The third-order valence-electron chi connectivity index (χ3n) is 4.97. The van der Waals surface area contributed by atoms with Crippen molar-refractivity contribution in [1.82, 2.24) is 15.3 Å². The van der Waals surface area contributed by atoms with Crippen molar-refractivity contribution in [3.05, 3.63) is 35.2 Å². The average molecular weight is 341 g/mol. The van der Waals surface area contributed by atoms with Gasteiger partial charge in [0.2, 0.25) is 0 Å². The molecule has 6 heteroatoms. The van der Waals surface area contributed by atoms with Gasteiger partial charge in [-0.2, -0.15) is 0 Å². The number of esters is 1. The third kappa shape index (κ3) is 3.34. The Morgan fingerprint density at radius 2 is 1.68 bits per heavy atom. The summed E-state index contributed by atoms with van der Waals surface area (Å²) in [6.45, 7) is 3.80. The molecule has 0 bridgehead atoms. The van der Waals surface area contributed by atoms with Gasteiger partial charge in [0.15, 0.2) is 0 Å². The molecule has 0 spiro atoms. The quantitative estimate of drug-likeness (QED) is 0.868. The molecule has 0 radical (unpaired) electrons. The van der Waals surface area contributed by atoms with Gasteiger partial charge in [0.1, 0.15) is 5.54 Å². The van der Waals surface area contributed by atoms with E-state index in [2.05, 4.69) is 15.3 Å². The molecule has 3 rings (SSSR count). The number of nitrogens with zero attached hydrogens (tertiary/aromatic N) is 2. The maximum absolute atomic E-state index is 12.8. The van der Waals surface area contributed by atoms with Gasteiger partial charge in [-0.25, -0.2) is 14.8 Å². The summed E-state index contributed by atoms with van der Waals surface area (Å²) in [6, 6.07) is 5.22. The first-order valence-corrected chi connectivity index (χ1v) is 8.61. The molecule has 1 aromatic carbocycles. The molecule has 25 heavy (non-hydrogen) atoms. The van der Waals surface area contributed by atoms with Crippen LogP contribution < -0.4 is 5.32 Å². The van der Waals surface area contributed by atoms with Crippen molar-refractivity contribution in [2.24, 2.45) is 0 Å². The van der Waals surface area contributed by atoms with Crippen molar-refractivity contribution in [3.63, 3.8) is 0 Å². The first-order valence-electron chi connectivity index (χ1n) is 8.61. The number of ether oxygens (including phenoxy) is 1. The van der Waals surface area contributed by atoms with Gasteiger partial charge in [0, 0.05) is 5.56 Å². The maximum Gasteiger partial charge on any atom is 0.331 e. The number of benzene rings is 1. The summed E-state index contributed by atoms with van der Waals surface area (Å²) in [5, 5.41) is 2.93. The number of nitrogens with one attached hydrogen (secondary N) is 1. The number of hydrogen-bond donors (Lipinski definition) is 1. The van der Waals surface area contributed by atoms with E-state index in [4.69, 9.17) is 4.74 Å². The zero-order valence-corrected chi connectivity index (χ0v) is 14.9. The molecule has 0 unspecified atom stereocenters. The minimum Gasteiger partial charge on any atom is -0.467 e. The SMILES string of the molecule is COC(=O)C1(NC(=O)c2ccc3nc(C)c(C)nc3c2)CCCCC1. The Kier molecular flexibility index (Phi) is 4.70. The van der Waals surface area contributed by atoms with E-state index in [1.165, 1.54) is 7.11 Å². The van der Waals surface area contributed by atoms with Gasteiger partial charge in [0.05, 0.1) is 29.5 Å². The fourth-order valence-corrected chi connectivity index (χ4v) is 3.39. The first-order chi connectivity index (χ1) is 11.9. The summed E-state index contributed by atoms with van der Waals surface area (Å²) in [6.07, 6.45) is 4.08. The second-order valence-electron chi connectivity index (χ2n) is 6.69. The Balaban J connectivity index is 1.90. The number of aryl methyl sites for hydroxylation is 2. The summed E-state index contributed by atoms with van der Waals surface area (Å²) in [7, 11) is 1.36. The van der Waals surface area contributed by atoms with Crippen LogP contribution in [0.1, 0.15) is 53.8 Å². The van der Waals surface area contributed by atoms with Crippen LogP contribution in [-0.4, -0.2) is 34.5 Å². The van der Waals surface area contributed by atoms with Crippen LogP contribution >= 0.6 is 0 Å². The summed E-state index contributed by atoms with van der Waals surface area (Å²) < 4.78 is 4.95. The number of aromatic nitrogens is 2. The molecule has 6 nitrogen and oxygen atoms in total. The van der Waals surface area contributed by atoms with E-state index in [-0.39, 0.29) is 11.9 Å². The van der Waals surface area contributed by atoms with Crippen LogP contribution in [0.3, 0.4) is 0 Å². The molecule has 1 fully saturated rings. The van der Waals surface area contributed by atoms with Crippen LogP contribution in [0.2, 0.25) is 0 Å². The van der Waals surface area contributed by atoms with Crippen LogP contribution in [0, 0.1) is 13.8 Å². The van der Waals surface area contributed by atoms with Crippen molar-refractivity contribution in [2.75, 3.05) is 7.11 Å². The van der Waals surface area contributed by atoms with E-state index in [9.17, 15) is 9.59 Å². The Morgan fingerprint density at radius 3 is 2.32 bits per heavy atom. The monoisotopic (exact) mass is 341 g/mol. The molecule has 2 aromatic rings. The highest BCUT2D eigenvalue weighted by molar-refractivity contribution is 6.00. The van der Waals surface area contributed by atoms with Crippen LogP contribution in [0.15, 0.2) is 18.2 Å². The Morgan fingerprint density at radius 1 is 1.04 bits per heavy atom. The lowest BCUT2D eigenvalue weighted by molar-refractivity contribution is -0.149. The highest BCUT2D eigenvalue weighted by Gasteiger charge is 2.42. The van der Waals surface area contributed by atoms with Crippen molar-refractivity contribution < 1.29 is 14.3 Å². The number of carbonyl (C=O) groups excluding carboxylic acids is 2. The molecule has 1 N–H and O–H groups in total. The summed E-state index contributed by atoms with van der Waals surface area (Å²) in [5.74, 6) is -0.651.